The molecule has 1 atom stereocenters. The molecule has 0 saturated heterocycles. The third kappa shape index (κ3) is 1.62. The van der Waals surface area contributed by atoms with Crippen molar-refractivity contribution >= 4 is 16.9 Å². The topological polar surface area (TPSA) is 42.2 Å². The normalized spacial score (nSPS) is 14.8. The van der Waals surface area contributed by atoms with Crippen LogP contribution in [0.2, 0.25) is 0 Å². The summed E-state index contributed by atoms with van der Waals surface area (Å²) in [6.07, 6.45) is 2.51. The highest BCUT2D eigenvalue weighted by Crippen LogP contribution is 2.34. The van der Waals surface area contributed by atoms with Gasteiger partial charge in [-0.15, -0.1) is 0 Å². The number of hydrogen-bond donors (Lipinski definition) is 1. The number of aliphatic carboxylic acids is 1. The van der Waals surface area contributed by atoms with E-state index < -0.39 is 11.4 Å². The van der Waals surface area contributed by atoms with Crippen LogP contribution in [0.3, 0.4) is 0 Å². The van der Waals surface area contributed by atoms with Crippen LogP contribution in [0, 0.1) is 0 Å². The zero-order chi connectivity index (χ0) is 12.6. The van der Waals surface area contributed by atoms with E-state index in [1.165, 1.54) is 0 Å². The molecule has 0 bridgehead atoms. The summed E-state index contributed by atoms with van der Waals surface area (Å²) in [5.41, 5.74) is 1.15. The van der Waals surface area contributed by atoms with Gasteiger partial charge < -0.3 is 9.67 Å². The number of carbonyl (C=O) groups is 1. The number of hydrogen-bond acceptors (Lipinski definition) is 1. The first-order chi connectivity index (χ1) is 8.00. The molecule has 2 rings (SSSR count). The molecule has 1 aromatic heterocycles. The predicted molar refractivity (Wildman–Crippen MR) is 68.2 cm³/mol. The van der Waals surface area contributed by atoms with Gasteiger partial charge in [-0.2, -0.15) is 0 Å². The Bertz CT molecular complexity index is 571. The molecular formula is C14H17NO2. The fourth-order valence-electron chi connectivity index (χ4n) is 2.24. The summed E-state index contributed by atoms with van der Waals surface area (Å²) in [6, 6.07) is 7.91. The summed E-state index contributed by atoms with van der Waals surface area (Å²) in [4.78, 5) is 11.5. The maximum absolute atomic E-state index is 11.5. The van der Waals surface area contributed by atoms with Gasteiger partial charge in [-0.25, -0.2) is 0 Å². The first kappa shape index (κ1) is 11.7. The number of rotatable bonds is 3. The monoisotopic (exact) mass is 231 g/mol. The van der Waals surface area contributed by atoms with Crippen LogP contribution < -0.4 is 0 Å². The molecule has 1 unspecified atom stereocenters. The molecule has 1 N–H and O–H groups in total. The minimum atomic E-state index is -0.819. The highest BCUT2D eigenvalue weighted by atomic mass is 16.4. The standard InChI is InChI=1S/C14H17NO2/c1-4-14(2,13(16)17)11-9-15(3)12-8-6-5-7-10(11)12/h5-9H,4H2,1-3H3,(H,16,17). The van der Waals surface area contributed by atoms with Gasteiger partial charge >= 0.3 is 5.97 Å². The molecule has 3 heteroatoms. The summed E-state index contributed by atoms with van der Waals surface area (Å²) >= 11 is 0. The average molecular weight is 231 g/mol. The SMILES string of the molecule is CCC(C)(C(=O)O)c1cn(C)c2ccccc12. The minimum absolute atomic E-state index is 0.580. The second-order valence-electron chi connectivity index (χ2n) is 4.66. The molecular weight excluding hydrogens is 214 g/mol. The Hall–Kier alpha value is -1.77. The highest BCUT2D eigenvalue weighted by Gasteiger charge is 2.35. The number of aromatic nitrogens is 1. The van der Waals surface area contributed by atoms with Gasteiger partial charge in [0.25, 0.3) is 0 Å². The molecule has 1 heterocycles. The molecule has 0 aliphatic rings. The van der Waals surface area contributed by atoms with E-state index in [0.717, 1.165) is 16.5 Å². The third-order valence-electron chi connectivity index (χ3n) is 3.67. The van der Waals surface area contributed by atoms with Gasteiger partial charge in [0.05, 0.1) is 5.41 Å². The Morgan fingerprint density at radius 3 is 2.65 bits per heavy atom. The molecule has 90 valence electrons. The Labute approximate surface area is 101 Å². The minimum Gasteiger partial charge on any atom is -0.481 e. The van der Waals surface area contributed by atoms with Gasteiger partial charge in [-0.3, -0.25) is 4.79 Å². The van der Waals surface area contributed by atoms with E-state index in [9.17, 15) is 9.90 Å². The second-order valence-corrected chi connectivity index (χ2v) is 4.66. The van der Waals surface area contributed by atoms with Gasteiger partial charge in [-0.05, 0) is 25.0 Å². The van der Waals surface area contributed by atoms with Gasteiger partial charge in [-0.1, -0.05) is 25.1 Å². The lowest BCUT2D eigenvalue weighted by molar-refractivity contribution is -0.143. The van der Waals surface area contributed by atoms with Crippen molar-refractivity contribution in [3.8, 4) is 0 Å². The van der Waals surface area contributed by atoms with Crippen molar-refractivity contribution in [3.63, 3.8) is 0 Å². The summed E-state index contributed by atoms with van der Waals surface area (Å²) in [6.45, 7) is 3.70. The van der Waals surface area contributed by atoms with E-state index in [1.807, 2.05) is 49.0 Å². The van der Waals surface area contributed by atoms with Crippen molar-refractivity contribution in [2.24, 2.45) is 7.05 Å². The van der Waals surface area contributed by atoms with Crippen molar-refractivity contribution in [2.75, 3.05) is 0 Å². The maximum Gasteiger partial charge on any atom is 0.313 e. The first-order valence-corrected chi connectivity index (χ1v) is 5.78. The summed E-state index contributed by atoms with van der Waals surface area (Å²) < 4.78 is 1.99. The largest absolute Gasteiger partial charge is 0.481 e. The van der Waals surface area contributed by atoms with E-state index >= 15 is 0 Å². The lowest BCUT2D eigenvalue weighted by atomic mass is 9.80. The molecule has 2 aromatic rings. The molecule has 0 saturated carbocycles. The molecule has 1 aromatic carbocycles. The molecule has 0 spiro atoms. The molecule has 0 fully saturated rings. The summed E-state index contributed by atoms with van der Waals surface area (Å²) in [5, 5.41) is 10.5. The van der Waals surface area contributed by atoms with E-state index in [-0.39, 0.29) is 0 Å². The molecule has 3 nitrogen and oxygen atoms in total. The third-order valence-corrected chi connectivity index (χ3v) is 3.67. The van der Waals surface area contributed by atoms with E-state index in [1.54, 1.807) is 6.92 Å². The fourth-order valence-corrected chi connectivity index (χ4v) is 2.24. The van der Waals surface area contributed by atoms with E-state index in [2.05, 4.69) is 0 Å². The number of carboxylic acid groups (broad SMARTS) is 1. The van der Waals surface area contributed by atoms with Crippen LogP contribution in [0.5, 0.6) is 0 Å². The Morgan fingerprint density at radius 1 is 1.41 bits per heavy atom. The summed E-state index contributed by atoms with van der Waals surface area (Å²) in [5.74, 6) is -0.767. The van der Waals surface area contributed by atoms with Crippen molar-refractivity contribution in [1.82, 2.24) is 4.57 Å². The van der Waals surface area contributed by atoms with Crippen LogP contribution in [0.4, 0.5) is 0 Å². The Morgan fingerprint density at radius 2 is 2.06 bits per heavy atom. The predicted octanol–water partition coefficient (Wildman–Crippen LogP) is 2.93. The maximum atomic E-state index is 11.5. The van der Waals surface area contributed by atoms with Crippen molar-refractivity contribution in [1.29, 1.82) is 0 Å². The zero-order valence-electron chi connectivity index (χ0n) is 10.4. The quantitative estimate of drug-likeness (QED) is 0.882. The van der Waals surface area contributed by atoms with Crippen LogP contribution in [-0.4, -0.2) is 15.6 Å². The lowest BCUT2D eigenvalue weighted by Gasteiger charge is -2.22. The average Bonchev–Trinajstić information content (AvgIpc) is 2.67. The Balaban J connectivity index is 2.75. The number of para-hydroxylation sites is 1. The number of aryl methyl sites for hydroxylation is 1. The lowest BCUT2D eigenvalue weighted by Crippen LogP contribution is -2.31. The van der Waals surface area contributed by atoms with Gasteiger partial charge in [0.2, 0.25) is 0 Å². The molecule has 17 heavy (non-hydrogen) atoms. The molecule has 0 amide bonds. The fraction of sp³-hybridized carbons (Fsp3) is 0.357. The van der Waals surface area contributed by atoms with Crippen molar-refractivity contribution < 1.29 is 9.90 Å². The number of carboxylic acids is 1. The zero-order valence-corrected chi connectivity index (χ0v) is 10.4. The van der Waals surface area contributed by atoms with Crippen molar-refractivity contribution in [3.05, 3.63) is 36.0 Å². The Kier molecular flexibility index (Phi) is 2.69. The van der Waals surface area contributed by atoms with Crippen LogP contribution in [0.1, 0.15) is 25.8 Å². The molecule has 0 aliphatic carbocycles. The highest BCUT2D eigenvalue weighted by molar-refractivity contribution is 5.92. The van der Waals surface area contributed by atoms with Crippen LogP contribution in [0.25, 0.3) is 10.9 Å². The number of nitrogens with zero attached hydrogens (tertiary/aromatic N) is 1. The second kappa shape index (κ2) is 3.91. The molecule has 0 radical (unpaired) electrons. The van der Waals surface area contributed by atoms with Gasteiger partial charge in [0.15, 0.2) is 0 Å². The summed E-state index contributed by atoms with van der Waals surface area (Å²) in [7, 11) is 1.95. The molecule has 0 aliphatic heterocycles. The van der Waals surface area contributed by atoms with Crippen molar-refractivity contribution in [2.45, 2.75) is 25.7 Å². The van der Waals surface area contributed by atoms with E-state index in [4.69, 9.17) is 0 Å². The van der Waals surface area contributed by atoms with Crippen LogP contribution in [-0.2, 0) is 17.3 Å². The van der Waals surface area contributed by atoms with E-state index in [0.29, 0.717) is 6.42 Å². The van der Waals surface area contributed by atoms with Crippen LogP contribution in [0.15, 0.2) is 30.5 Å². The van der Waals surface area contributed by atoms with Gasteiger partial charge in [0.1, 0.15) is 0 Å². The first-order valence-electron chi connectivity index (χ1n) is 5.78. The van der Waals surface area contributed by atoms with Crippen LogP contribution >= 0.6 is 0 Å². The van der Waals surface area contributed by atoms with Gasteiger partial charge in [0, 0.05) is 24.1 Å². The number of fused-ring (bicyclic) bond motifs is 1. The smallest absolute Gasteiger partial charge is 0.313 e. The number of benzene rings is 1.